The molecule has 0 unspecified atom stereocenters. The molecule has 0 bridgehead atoms. The van der Waals surface area contributed by atoms with Gasteiger partial charge in [-0.2, -0.15) is 0 Å². The lowest BCUT2D eigenvalue weighted by atomic mass is 10.1. The minimum absolute atomic E-state index is 0. The predicted octanol–water partition coefficient (Wildman–Crippen LogP) is 3.94. The molecule has 0 radical (unpaired) electrons. The Balaban J connectivity index is 0.00000256. The van der Waals surface area contributed by atoms with Crippen molar-refractivity contribution in [3.8, 4) is 0 Å². The summed E-state index contributed by atoms with van der Waals surface area (Å²) in [6.07, 6.45) is 6.84. The molecule has 100 valence electrons. The van der Waals surface area contributed by atoms with Gasteiger partial charge in [-0.25, -0.2) is 0 Å². The van der Waals surface area contributed by atoms with E-state index in [1.165, 1.54) is 19.3 Å². The van der Waals surface area contributed by atoms with Crippen molar-refractivity contribution in [1.29, 1.82) is 0 Å². The van der Waals surface area contributed by atoms with Crippen LogP contribution < -0.4 is 0 Å². The van der Waals surface area contributed by atoms with Crippen LogP contribution in [0.25, 0.3) is 0 Å². The van der Waals surface area contributed by atoms with Crippen LogP contribution in [-0.4, -0.2) is 15.0 Å². The quantitative estimate of drug-likeness (QED) is 0.721. The summed E-state index contributed by atoms with van der Waals surface area (Å²) in [5.74, 6) is 1.52. The summed E-state index contributed by atoms with van der Waals surface area (Å²) in [6.45, 7) is 9.99. The second-order valence-electron chi connectivity index (χ2n) is 5.44. The van der Waals surface area contributed by atoms with E-state index in [4.69, 9.17) is 0 Å². The highest BCUT2D eigenvalue weighted by Gasteiger charge is 2.02. The zero-order chi connectivity index (χ0) is 12.0. The van der Waals surface area contributed by atoms with Crippen molar-refractivity contribution in [3.63, 3.8) is 0 Å². The molecule has 0 aliphatic rings. The Morgan fingerprint density at radius 3 is 2.35 bits per heavy atom. The van der Waals surface area contributed by atoms with Gasteiger partial charge in [0.1, 0.15) is 0 Å². The van der Waals surface area contributed by atoms with Crippen LogP contribution >= 0.6 is 0 Å². The maximum Gasteiger partial charge on any atom is 0.0827 e. The fraction of sp³-hybridized carbons (Fsp3) is 0.857. The molecule has 0 amide bonds. The first-order valence-electron chi connectivity index (χ1n) is 6.47. The minimum Gasteiger partial charge on any atom is -0.252 e. The first-order chi connectivity index (χ1) is 7.58. The van der Waals surface area contributed by atoms with Crippen molar-refractivity contribution < 1.29 is 0 Å². The van der Waals surface area contributed by atoms with Crippen LogP contribution in [0.4, 0.5) is 0 Å². The molecular weight excluding hydrogens is 210 g/mol. The van der Waals surface area contributed by atoms with Crippen LogP contribution in [0.15, 0.2) is 6.20 Å². The first kappa shape index (κ1) is 16.1. The summed E-state index contributed by atoms with van der Waals surface area (Å²) < 4.78 is 1.98. The fourth-order valence-corrected chi connectivity index (χ4v) is 1.64. The number of rotatable bonds is 7. The summed E-state index contributed by atoms with van der Waals surface area (Å²) in [5, 5.41) is 8.36. The number of aryl methyl sites for hydroxylation is 2. The summed E-state index contributed by atoms with van der Waals surface area (Å²) >= 11 is 0. The molecule has 3 heteroatoms. The van der Waals surface area contributed by atoms with Crippen LogP contribution in [0.1, 0.15) is 60.1 Å². The van der Waals surface area contributed by atoms with Crippen molar-refractivity contribution in [2.75, 3.05) is 0 Å². The van der Waals surface area contributed by atoms with E-state index in [2.05, 4.69) is 44.2 Å². The summed E-state index contributed by atoms with van der Waals surface area (Å²) in [4.78, 5) is 0. The lowest BCUT2D eigenvalue weighted by Gasteiger charge is -2.03. The van der Waals surface area contributed by atoms with E-state index in [0.29, 0.717) is 0 Å². The smallest absolute Gasteiger partial charge is 0.0827 e. The Labute approximate surface area is 107 Å². The lowest BCUT2D eigenvalue weighted by Crippen LogP contribution is -2.01. The van der Waals surface area contributed by atoms with E-state index in [9.17, 15) is 0 Å². The van der Waals surface area contributed by atoms with Gasteiger partial charge in [0.15, 0.2) is 0 Å². The molecule has 1 aromatic rings. The molecule has 0 saturated carbocycles. The number of hydrogen-bond acceptors (Lipinski definition) is 2. The maximum atomic E-state index is 4.20. The average molecular weight is 239 g/mol. The molecule has 0 aromatic carbocycles. The van der Waals surface area contributed by atoms with Gasteiger partial charge >= 0.3 is 0 Å². The maximum absolute atomic E-state index is 4.20. The summed E-state index contributed by atoms with van der Waals surface area (Å²) in [7, 11) is 0. The fourth-order valence-electron chi connectivity index (χ4n) is 1.64. The Bertz CT molecular complexity index is 289. The van der Waals surface area contributed by atoms with Gasteiger partial charge in [-0.05, 0) is 31.1 Å². The van der Waals surface area contributed by atoms with Crippen LogP contribution in [-0.2, 0) is 13.0 Å². The third-order valence-corrected chi connectivity index (χ3v) is 2.74. The molecule has 0 fully saturated rings. The van der Waals surface area contributed by atoms with E-state index >= 15 is 0 Å². The average Bonchev–Trinajstić information content (AvgIpc) is 2.62. The second-order valence-corrected chi connectivity index (χ2v) is 5.44. The predicted molar refractivity (Wildman–Crippen MR) is 74.0 cm³/mol. The molecule has 1 aromatic heterocycles. The number of nitrogens with zero attached hydrogens (tertiary/aromatic N) is 3. The van der Waals surface area contributed by atoms with Gasteiger partial charge in [0, 0.05) is 12.7 Å². The van der Waals surface area contributed by atoms with E-state index in [-0.39, 0.29) is 7.43 Å². The molecule has 0 N–H and O–H groups in total. The molecule has 0 saturated heterocycles. The SMILES string of the molecule is C.CC(C)CCCc1cn(CCC(C)C)nn1. The molecule has 0 aliphatic heterocycles. The monoisotopic (exact) mass is 239 g/mol. The third-order valence-electron chi connectivity index (χ3n) is 2.74. The molecule has 0 aliphatic carbocycles. The normalized spacial score (nSPS) is 10.9. The van der Waals surface area contributed by atoms with Crippen molar-refractivity contribution in [3.05, 3.63) is 11.9 Å². The topological polar surface area (TPSA) is 30.7 Å². The molecule has 1 rings (SSSR count). The highest BCUT2D eigenvalue weighted by molar-refractivity contribution is 4.92. The molecule has 0 atom stereocenters. The number of hydrogen-bond donors (Lipinski definition) is 0. The highest BCUT2D eigenvalue weighted by Crippen LogP contribution is 2.08. The van der Waals surface area contributed by atoms with Crippen LogP contribution in [0.5, 0.6) is 0 Å². The standard InChI is InChI=1S/C13H25N3.CH4/c1-11(2)6-5-7-13-10-16(15-14-13)9-8-12(3)4;/h10-12H,5-9H2,1-4H3;1H4. The molecule has 17 heavy (non-hydrogen) atoms. The van der Waals surface area contributed by atoms with Crippen molar-refractivity contribution in [2.24, 2.45) is 11.8 Å². The van der Waals surface area contributed by atoms with Gasteiger partial charge in [-0.1, -0.05) is 46.8 Å². The third kappa shape index (κ3) is 7.14. The van der Waals surface area contributed by atoms with E-state index in [1.54, 1.807) is 0 Å². The second kappa shape index (κ2) is 8.26. The Morgan fingerprint density at radius 2 is 1.76 bits per heavy atom. The number of aromatic nitrogens is 3. The Hall–Kier alpha value is -0.860. The first-order valence-corrected chi connectivity index (χ1v) is 6.47. The van der Waals surface area contributed by atoms with Crippen LogP contribution in [0, 0.1) is 11.8 Å². The van der Waals surface area contributed by atoms with E-state index in [1.807, 2.05) is 4.68 Å². The van der Waals surface area contributed by atoms with Gasteiger partial charge in [-0.15, -0.1) is 5.10 Å². The summed E-state index contributed by atoms with van der Waals surface area (Å²) in [6, 6.07) is 0. The Morgan fingerprint density at radius 1 is 1.12 bits per heavy atom. The summed E-state index contributed by atoms with van der Waals surface area (Å²) in [5.41, 5.74) is 1.14. The zero-order valence-electron chi connectivity index (χ0n) is 11.1. The van der Waals surface area contributed by atoms with Crippen molar-refractivity contribution >= 4 is 0 Å². The zero-order valence-corrected chi connectivity index (χ0v) is 11.1. The van der Waals surface area contributed by atoms with E-state index in [0.717, 1.165) is 30.5 Å². The van der Waals surface area contributed by atoms with Crippen LogP contribution in [0.2, 0.25) is 0 Å². The van der Waals surface area contributed by atoms with Crippen LogP contribution in [0.3, 0.4) is 0 Å². The van der Waals surface area contributed by atoms with Crippen molar-refractivity contribution in [1.82, 2.24) is 15.0 Å². The van der Waals surface area contributed by atoms with Gasteiger partial charge in [0.2, 0.25) is 0 Å². The molecule has 3 nitrogen and oxygen atoms in total. The minimum atomic E-state index is 0. The molecular formula is C14H29N3. The van der Waals surface area contributed by atoms with E-state index < -0.39 is 0 Å². The molecule has 0 spiro atoms. The lowest BCUT2D eigenvalue weighted by molar-refractivity contribution is 0.478. The highest BCUT2D eigenvalue weighted by atomic mass is 15.4. The largest absolute Gasteiger partial charge is 0.252 e. The molecule has 1 heterocycles. The van der Waals surface area contributed by atoms with Gasteiger partial charge in [0.05, 0.1) is 5.69 Å². The van der Waals surface area contributed by atoms with Gasteiger partial charge in [0.25, 0.3) is 0 Å². The van der Waals surface area contributed by atoms with Crippen molar-refractivity contribution in [2.45, 2.75) is 67.3 Å². The van der Waals surface area contributed by atoms with Gasteiger partial charge < -0.3 is 0 Å². The Kier molecular flexibility index (Phi) is 7.85. The van der Waals surface area contributed by atoms with Gasteiger partial charge in [-0.3, -0.25) is 4.68 Å².